The highest BCUT2D eigenvalue weighted by Gasteiger charge is 2.47. The van der Waals surface area contributed by atoms with Gasteiger partial charge in [0.05, 0.1) is 55.8 Å². The van der Waals surface area contributed by atoms with Crippen LogP contribution in [0.1, 0.15) is 71.6 Å². The van der Waals surface area contributed by atoms with E-state index in [0.717, 1.165) is 44.9 Å². The number of fused-ring (bicyclic) bond motifs is 2. The van der Waals surface area contributed by atoms with Gasteiger partial charge in [0.1, 0.15) is 6.61 Å². The zero-order chi connectivity index (χ0) is 29.7. The summed E-state index contributed by atoms with van der Waals surface area (Å²) in [5.74, 6) is -0.739. The highest BCUT2D eigenvalue weighted by Crippen LogP contribution is 2.41. The van der Waals surface area contributed by atoms with Gasteiger partial charge in [-0.15, -0.1) is 0 Å². The van der Waals surface area contributed by atoms with Crippen molar-refractivity contribution in [1.82, 2.24) is 0 Å². The van der Waals surface area contributed by atoms with Gasteiger partial charge >= 0.3 is 17.9 Å². The van der Waals surface area contributed by atoms with Gasteiger partial charge in [0.25, 0.3) is 0 Å². The second-order valence-electron chi connectivity index (χ2n) is 12.5. The lowest BCUT2D eigenvalue weighted by atomic mass is 9.80. The predicted octanol–water partition coefficient (Wildman–Crippen LogP) is 3.03. The highest BCUT2D eigenvalue weighted by atomic mass is 16.6. The van der Waals surface area contributed by atoms with Crippen LogP contribution in [0, 0.1) is 23.7 Å². The maximum Gasteiger partial charge on any atom is 0.333 e. The lowest BCUT2D eigenvalue weighted by molar-refractivity contribution is -0.152. The molecule has 2 N–H and O–H groups in total. The van der Waals surface area contributed by atoms with Crippen molar-refractivity contribution in [2.24, 2.45) is 23.7 Å². The molecule has 0 bridgehead atoms. The third-order valence-electron chi connectivity index (χ3n) is 8.95. The number of rotatable bonds is 10. The second-order valence-corrected chi connectivity index (χ2v) is 12.5. The molecule has 10 heteroatoms. The molecule has 5 fully saturated rings. The van der Waals surface area contributed by atoms with Gasteiger partial charge in [-0.3, -0.25) is 4.79 Å². The second kappa shape index (κ2) is 14.3. The van der Waals surface area contributed by atoms with Gasteiger partial charge in [-0.1, -0.05) is 13.2 Å². The summed E-state index contributed by atoms with van der Waals surface area (Å²) in [6, 6.07) is 0. The lowest BCUT2D eigenvalue weighted by Gasteiger charge is -2.33. The van der Waals surface area contributed by atoms with Gasteiger partial charge in [-0.05, 0) is 83.5 Å². The minimum Gasteiger partial charge on any atom is -0.465 e. The molecule has 3 aliphatic carbocycles. The number of hydrogen-bond acceptors (Lipinski definition) is 10. The highest BCUT2D eigenvalue weighted by molar-refractivity contribution is 5.87. The Balaban J connectivity index is 0.000000208. The van der Waals surface area contributed by atoms with E-state index in [2.05, 4.69) is 13.2 Å². The monoisotopic (exact) mass is 578 g/mol. The number of hydrogen-bond donors (Lipinski definition) is 2. The van der Waals surface area contributed by atoms with E-state index in [1.807, 2.05) is 0 Å². The predicted molar refractivity (Wildman–Crippen MR) is 147 cm³/mol. The number of epoxide rings is 2. The van der Waals surface area contributed by atoms with Crippen LogP contribution in [-0.2, 0) is 38.1 Å². The van der Waals surface area contributed by atoms with Crippen LogP contribution in [0.3, 0.4) is 0 Å². The molecule has 2 saturated heterocycles. The topological polar surface area (TPSA) is 144 Å². The lowest BCUT2D eigenvalue weighted by Crippen LogP contribution is -2.35. The average Bonchev–Trinajstić information content (AvgIpc) is 3.88. The molecule has 10 atom stereocenters. The number of aliphatic hydroxyl groups is 2. The zero-order valence-electron chi connectivity index (χ0n) is 24.3. The van der Waals surface area contributed by atoms with E-state index in [9.17, 15) is 24.6 Å². The fourth-order valence-corrected chi connectivity index (χ4v) is 6.12. The van der Waals surface area contributed by atoms with Crippen molar-refractivity contribution in [1.29, 1.82) is 0 Å². The van der Waals surface area contributed by atoms with Gasteiger partial charge in [0.2, 0.25) is 0 Å². The summed E-state index contributed by atoms with van der Waals surface area (Å²) < 4.78 is 26.5. The fraction of sp³-hybridized carbons (Fsp3) is 0.774. The molecule has 5 rings (SSSR count). The van der Waals surface area contributed by atoms with Crippen molar-refractivity contribution in [3.8, 4) is 0 Å². The molecule has 3 saturated carbocycles. The first-order chi connectivity index (χ1) is 19.5. The van der Waals surface area contributed by atoms with Gasteiger partial charge < -0.3 is 33.9 Å². The van der Waals surface area contributed by atoms with Crippen LogP contribution in [0.15, 0.2) is 24.3 Å². The summed E-state index contributed by atoms with van der Waals surface area (Å²) >= 11 is 0. The van der Waals surface area contributed by atoms with Gasteiger partial charge in [-0.25, -0.2) is 9.59 Å². The number of carbonyl (C=O) groups excluding carboxylic acids is 3. The van der Waals surface area contributed by atoms with Gasteiger partial charge in [0, 0.05) is 17.1 Å². The standard InChI is InChI=1S/C19H28O6.C12H18O4/c1-11(2)18(21)24-10-14-7-12(3-5-15(14)20)9-23-19(22)13-4-6-16-17(8-13)25-16;1-7(2)12(14)15-6-9(13)8-3-4-10-11(5-8)16-10/h12-17,20H,1,3-10H2,2H3;8-11,13H,1,3-6H2,2H3. The van der Waals surface area contributed by atoms with Crippen molar-refractivity contribution >= 4 is 17.9 Å². The number of aliphatic hydroxyl groups excluding tert-OH is 2. The first kappa shape index (κ1) is 31.7. The Bertz CT molecular complexity index is 978. The molecule has 0 radical (unpaired) electrons. The molecule has 41 heavy (non-hydrogen) atoms. The first-order valence-electron chi connectivity index (χ1n) is 15.0. The number of carbonyl (C=O) groups is 3. The fourth-order valence-electron chi connectivity index (χ4n) is 6.12. The zero-order valence-corrected chi connectivity index (χ0v) is 24.3. The summed E-state index contributed by atoms with van der Waals surface area (Å²) in [6.45, 7) is 10.9. The molecule has 230 valence electrons. The Kier molecular flexibility index (Phi) is 11.0. The van der Waals surface area contributed by atoms with Crippen LogP contribution in [0.2, 0.25) is 0 Å². The summed E-state index contributed by atoms with van der Waals surface area (Å²) in [7, 11) is 0. The molecule has 2 aliphatic heterocycles. The van der Waals surface area contributed by atoms with E-state index in [1.165, 1.54) is 0 Å². The van der Waals surface area contributed by atoms with Crippen molar-refractivity contribution < 1.29 is 48.3 Å². The molecular weight excluding hydrogens is 532 g/mol. The minimum absolute atomic E-state index is 0.0368. The molecule has 5 aliphatic rings. The van der Waals surface area contributed by atoms with Crippen LogP contribution in [0.4, 0.5) is 0 Å². The molecule has 2 heterocycles. The van der Waals surface area contributed by atoms with Crippen molar-refractivity contribution in [2.45, 2.75) is 108 Å². The Labute approximate surface area is 242 Å². The molecule has 0 amide bonds. The third-order valence-corrected chi connectivity index (χ3v) is 8.95. The molecule has 10 unspecified atom stereocenters. The first-order valence-corrected chi connectivity index (χ1v) is 15.0. The summed E-state index contributed by atoms with van der Waals surface area (Å²) in [4.78, 5) is 34.9. The van der Waals surface area contributed by atoms with Crippen LogP contribution in [-0.4, -0.2) is 84.6 Å². The SMILES string of the molecule is C=C(C)C(=O)OCC(O)C1CCC2OC2C1.C=C(C)C(=O)OCC1CC(COC(=O)C2CCC3OC3C2)CCC1O. The van der Waals surface area contributed by atoms with E-state index < -0.39 is 24.1 Å². The molecule has 10 nitrogen and oxygen atoms in total. The number of esters is 3. The van der Waals surface area contributed by atoms with E-state index in [-0.39, 0.29) is 49.0 Å². The van der Waals surface area contributed by atoms with E-state index in [0.29, 0.717) is 48.9 Å². The Morgan fingerprint density at radius 1 is 0.780 bits per heavy atom. The van der Waals surface area contributed by atoms with Gasteiger partial charge in [0.15, 0.2) is 0 Å². The number of ether oxygens (including phenoxy) is 5. The molecule has 0 aromatic rings. The summed E-state index contributed by atoms with van der Waals surface area (Å²) in [5, 5.41) is 20.0. The molecule has 0 aromatic carbocycles. The van der Waals surface area contributed by atoms with E-state index >= 15 is 0 Å². The van der Waals surface area contributed by atoms with Crippen LogP contribution in [0.5, 0.6) is 0 Å². The Morgan fingerprint density at radius 3 is 2.05 bits per heavy atom. The van der Waals surface area contributed by atoms with Gasteiger partial charge in [-0.2, -0.15) is 0 Å². The maximum atomic E-state index is 12.2. The quantitative estimate of drug-likeness (QED) is 0.172. The Morgan fingerprint density at radius 2 is 1.41 bits per heavy atom. The summed E-state index contributed by atoms with van der Waals surface area (Å²) in [6.07, 6.45) is 7.95. The van der Waals surface area contributed by atoms with Crippen LogP contribution < -0.4 is 0 Å². The third kappa shape index (κ3) is 9.36. The van der Waals surface area contributed by atoms with E-state index in [4.69, 9.17) is 23.7 Å². The molecular formula is C31H46O10. The largest absolute Gasteiger partial charge is 0.465 e. The smallest absolute Gasteiger partial charge is 0.333 e. The van der Waals surface area contributed by atoms with Crippen molar-refractivity contribution in [2.75, 3.05) is 19.8 Å². The minimum atomic E-state index is -0.576. The van der Waals surface area contributed by atoms with Crippen molar-refractivity contribution in [3.05, 3.63) is 24.3 Å². The molecule has 0 aromatic heterocycles. The van der Waals surface area contributed by atoms with Crippen LogP contribution >= 0.6 is 0 Å². The Hall–Kier alpha value is -2.27. The molecule has 0 spiro atoms. The van der Waals surface area contributed by atoms with Crippen LogP contribution in [0.25, 0.3) is 0 Å². The summed E-state index contributed by atoms with van der Waals surface area (Å²) in [5.41, 5.74) is 0.714. The van der Waals surface area contributed by atoms with E-state index in [1.54, 1.807) is 13.8 Å². The van der Waals surface area contributed by atoms with Crippen molar-refractivity contribution in [3.63, 3.8) is 0 Å². The average molecular weight is 579 g/mol. The maximum absolute atomic E-state index is 12.2. The normalized spacial score (nSPS) is 35.7.